The summed E-state index contributed by atoms with van der Waals surface area (Å²) >= 11 is 1.54. The van der Waals surface area contributed by atoms with Crippen LogP contribution < -0.4 is 0 Å². The summed E-state index contributed by atoms with van der Waals surface area (Å²) in [6, 6.07) is 2.94. The van der Waals surface area contributed by atoms with Gasteiger partial charge in [0.15, 0.2) is 0 Å². The van der Waals surface area contributed by atoms with Gasteiger partial charge in [0.05, 0.1) is 6.04 Å². The number of aromatic amines is 1. The van der Waals surface area contributed by atoms with Crippen molar-refractivity contribution in [2.45, 2.75) is 23.8 Å². The summed E-state index contributed by atoms with van der Waals surface area (Å²) in [5.41, 5.74) is 0.870. The van der Waals surface area contributed by atoms with E-state index in [1.54, 1.807) is 0 Å². The number of carbonyl (C=O) groups is 1. The topological polar surface area (TPSA) is 90.5 Å². The highest BCUT2D eigenvalue weighted by Gasteiger charge is 2.37. The molecule has 1 atom stereocenters. The van der Waals surface area contributed by atoms with Gasteiger partial charge in [-0.1, -0.05) is 0 Å². The molecule has 21 heavy (non-hydrogen) atoms. The summed E-state index contributed by atoms with van der Waals surface area (Å²) < 4.78 is 26.8. The largest absolute Gasteiger partial charge is 0.477 e. The number of sulfonamides is 1. The molecule has 1 fully saturated rings. The molecule has 8 heteroatoms. The van der Waals surface area contributed by atoms with E-state index in [-0.39, 0.29) is 16.6 Å². The van der Waals surface area contributed by atoms with Crippen LogP contribution in [-0.4, -0.2) is 35.3 Å². The fraction of sp³-hybridized carbons (Fsp3) is 0.308. The highest BCUT2D eigenvalue weighted by Crippen LogP contribution is 2.37. The van der Waals surface area contributed by atoms with Crippen molar-refractivity contribution in [1.82, 2.24) is 9.29 Å². The van der Waals surface area contributed by atoms with Gasteiger partial charge in [0.2, 0.25) is 10.0 Å². The highest BCUT2D eigenvalue weighted by atomic mass is 32.2. The third-order valence-corrected chi connectivity index (χ3v) is 6.21. The van der Waals surface area contributed by atoms with Crippen molar-refractivity contribution in [3.8, 4) is 0 Å². The molecule has 0 spiro atoms. The number of nitrogens with one attached hydrogen (secondary N) is 1. The number of aromatic carboxylic acids is 1. The van der Waals surface area contributed by atoms with Crippen molar-refractivity contribution in [1.29, 1.82) is 0 Å². The maximum atomic E-state index is 12.7. The molecule has 3 heterocycles. The number of carboxylic acid groups (broad SMARTS) is 1. The van der Waals surface area contributed by atoms with E-state index in [4.69, 9.17) is 5.11 Å². The van der Waals surface area contributed by atoms with Gasteiger partial charge >= 0.3 is 5.97 Å². The van der Waals surface area contributed by atoms with Crippen LogP contribution in [0.2, 0.25) is 0 Å². The number of H-pyrrole nitrogens is 1. The zero-order valence-electron chi connectivity index (χ0n) is 11.0. The Morgan fingerprint density at radius 2 is 2.29 bits per heavy atom. The normalized spacial score (nSPS) is 19.9. The van der Waals surface area contributed by atoms with Crippen molar-refractivity contribution >= 4 is 27.3 Å². The second kappa shape index (κ2) is 5.28. The Morgan fingerprint density at radius 1 is 1.48 bits per heavy atom. The van der Waals surface area contributed by atoms with Crippen molar-refractivity contribution in [2.24, 2.45) is 0 Å². The number of hydrogen-bond donors (Lipinski definition) is 2. The Kier molecular flexibility index (Phi) is 3.60. The van der Waals surface area contributed by atoms with Crippen LogP contribution in [0.1, 0.15) is 34.9 Å². The number of nitrogens with zero attached hydrogens (tertiary/aromatic N) is 1. The molecule has 1 aliphatic heterocycles. The van der Waals surface area contributed by atoms with Crippen molar-refractivity contribution in [2.75, 3.05) is 6.54 Å². The molecule has 0 aromatic carbocycles. The minimum Gasteiger partial charge on any atom is -0.477 e. The molecule has 0 radical (unpaired) electrons. The molecule has 0 saturated carbocycles. The van der Waals surface area contributed by atoms with Gasteiger partial charge < -0.3 is 10.1 Å². The van der Waals surface area contributed by atoms with E-state index in [9.17, 15) is 13.2 Å². The first-order chi connectivity index (χ1) is 10.00. The Labute approximate surface area is 126 Å². The standard InChI is InChI=1S/C13H14N2O4S2/c16-13(17)11-6-10(7-14-11)21(18,19)15-4-1-2-12(15)9-3-5-20-8-9/h3,5-8,12,14H,1-2,4H2,(H,16,17). The molecule has 0 aliphatic carbocycles. The molecule has 6 nitrogen and oxygen atoms in total. The average molecular weight is 326 g/mol. The number of carboxylic acids is 1. The van der Waals surface area contributed by atoms with Crippen LogP contribution in [-0.2, 0) is 10.0 Å². The van der Waals surface area contributed by atoms with E-state index in [2.05, 4.69) is 4.98 Å². The molecule has 1 aliphatic rings. The predicted molar refractivity (Wildman–Crippen MR) is 77.9 cm³/mol. The fourth-order valence-electron chi connectivity index (χ4n) is 2.61. The number of aromatic nitrogens is 1. The summed E-state index contributed by atoms with van der Waals surface area (Å²) in [5, 5.41) is 12.8. The summed E-state index contributed by atoms with van der Waals surface area (Å²) in [4.78, 5) is 13.4. The van der Waals surface area contributed by atoms with Gasteiger partial charge in [-0.05, 0) is 41.3 Å². The quantitative estimate of drug-likeness (QED) is 0.902. The smallest absolute Gasteiger partial charge is 0.352 e. The fourth-order valence-corrected chi connectivity index (χ4v) is 4.99. The second-order valence-electron chi connectivity index (χ2n) is 4.88. The first-order valence-electron chi connectivity index (χ1n) is 6.46. The Hall–Kier alpha value is -1.64. The molecule has 0 amide bonds. The molecule has 1 saturated heterocycles. The van der Waals surface area contributed by atoms with Crippen molar-refractivity contribution < 1.29 is 18.3 Å². The molecule has 0 bridgehead atoms. The highest BCUT2D eigenvalue weighted by molar-refractivity contribution is 7.89. The van der Waals surface area contributed by atoms with Crippen LogP contribution in [0.4, 0.5) is 0 Å². The molecule has 1 unspecified atom stereocenters. The van der Waals surface area contributed by atoms with E-state index < -0.39 is 16.0 Å². The van der Waals surface area contributed by atoms with E-state index in [0.29, 0.717) is 6.54 Å². The SMILES string of the molecule is O=C(O)c1cc(S(=O)(=O)N2CCCC2c2ccsc2)c[nH]1. The summed E-state index contributed by atoms with van der Waals surface area (Å²) in [7, 11) is -3.68. The lowest BCUT2D eigenvalue weighted by Gasteiger charge is -2.22. The van der Waals surface area contributed by atoms with E-state index in [1.165, 1.54) is 27.9 Å². The van der Waals surface area contributed by atoms with Gasteiger partial charge in [0.1, 0.15) is 10.6 Å². The van der Waals surface area contributed by atoms with E-state index in [0.717, 1.165) is 18.4 Å². The first kappa shape index (κ1) is 14.3. The van der Waals surface area contributed by atoms with Gasteiger partial charge in [-0.25, -0.2) is 13.2 Å². The summed E-state index contributed by atoms with van der Waals surface area (Å²) in [6.45, 7) is 0.455. The van der Waals surface area contributed by atoms with Crippen LogP contribution in [0.5, 0.6) is 0 Å². The van der Waals surface area contributed by atoms with Gasteiger partial charge in [-0.15, -0.1) is 0 Å². The lowest BCUT2D eigenvalue weighted by molar-refractivity contribution is 0.0691. The van der Waals surface area contributed by atoms with Crippen molar-refractivity contribution in [3.05, 3.63) is 40.3 Å². The lowest BCUT2D eigenvalue weighted by Crippen LogP contribution is -2.30. The molecule has 2 N–H and O–H groups in total. The average Bonchev–Trinajstić information content (AvgIpc) is 3.19. The third kappa shape index (κ3) is 2.50. The van der Waals surface area contributed by atoms with Crippen LogP contribution in [0.25, 0.3) is 0 Å². The molecule has 2 aromatic rings. The van der Waals surface area contributed by atoms with Gasteiger partial charge in [-0.3, -0.25) is 0 Å². The minimum atomic E-state index is -3.68. The van der Waals surface area contributed by atoms with E-state index in [1.807, 2.05) is 16.8 Å². The molecular weight excluding hydrogens is 312 g/mol. The molecule has 2 aromatic heterocycles. The first-order valence-corrected chi connectivity index (χ1v) is 8.84. The zero-order chi connectivity index (χ0) is 15.0. The van der Waals surface area contributed by atoms with Crippen LogP contribution in [0.15, 0.2) is 34.0 Å². The maximum absolute atomic E-state index is 12.7. The number of hydrogen-bond acceptors (Lipinski definition) is 4. The van der Waals surface area contributed by atoms with Crippen LogP contribution in [0, 0.1) is 0 Å². The van der Waals surface area contributed by atoms with Gasteiger partial charge in [0.25, 0.3) is 0 Å². The van der Waals surface area contributed by atoms with Crippen molar-refractivity contribution in [3.63, 3.8) is 0 Å². The number of thiophene rings is 1. The monoisotopic (exact) mass is 326 g/mol. The van der Waals surface area contributed by atoms with Crippen LogP contribution in [0.3, 0.4) is 0 Å². The zero-order valence-corrected chi connectivity index (χ0v) is 12.7. The Balaban J connectivity index is 1.95. The second-order valence-corrected chi connectivity index (χ2v) is 7.56. The molecular formula is C13H14N2O4S2. The summed E-state index contributed by atoms with van der Waals surface area (Å²) in [5.74, 6) is -1.17. The van der Waals surface area contributed by atoms with Crippen LogP contribution >= 0.6 is 11.3 Å². The minimum absolute atomic E-state index is 0.00188. The predicted octanol–water partition coefficient (Wildman–Crippen LogP) is 2.30. The number of rotatable bonds is 4. The lowest BCUT2D eigenvalue weighted by atomic mass is 10.1. The maximum Gasteiger partial charge on any atom is 0.352 e. The Morgan fingerprint density at radius 3 is 2.90 bits per heavy atom. The van der Waals surface area contributed by atoms with Gasteiger partial charge in [0, 0.05) is 12.7 Å². The van der Waals surface area contributed by atoms with Gasteiger partial charge in [-0.2, -0.15) is 15.6 Å². The third-order valence-electron chi connectivity index (χ3n) is 3.63. The summed E-state index contributed by atoms with van der Waals surface area (Å²) in [6.07, 6.45) is 2.82. The Bertz CT molecular complexity index is 749. The molecule has 112 valence electrons. The van der Waals surface area contributed by atoms with E-state index >= 15 is 0 Å². The molecule has 3 rings (SSSR count).